The first-order valence-corrected chi connectivity index (χ1v) is 4.29. The van der Waals surface area contributed by atoms with Crippen LogP contribution in [0.4, 0.5) is 0 Å². The van der Waals surface area contributed by atoms with Gasteiger partial charge < -0.3 is 9.84 Å². The van der Waals surface area contributed by atoms with Crippen molar-refractivity contribution in [3.8, 4) is 0 Å². The van der Waals surface area contributed by atoms with Crippen LogP contribution in [-0.4, -0.2) is 23.8 Å². The summed E-state index contributed by atoms with van der Waals surface area (Å²) in [7, 11) is 1.62. The van der Waals surface area contributed by atoms with Crippen LogP contribution in [-0.2, 0) is 4.74 Å². The maximum absolute atomic E-state index is 9.41. The highest BCUT2D eigenvalue weighted by molar-refractivity contribution is 7.09. The molecule has 1 unspecified atom stereocenters. The number of aromatic nitrogens is 1. The lowest BCUT2D eigenvalue weighted by Gasteiger charge is -2.04. The van der Waals surface area contributed by atoms with E-state index in [1.165, 1.54) is 11.3 Å². The predicted molar refractivity (Wildman–Crippen MR) is 43.6 cm³/mol. The van der Waals surface area contributed by atoms with Gasteiger partial charge in [-0.3, -0.25) is 0 Å². The Morgan fingerprint density at radius 1 is 1.82 bits per heavy atom. The molecule has 1 aromatic rings. The molecular weight excluding hydrogens is 162 g/mol. The third-order valence-corrected chi connectivity index (χ3v) is 2.21. The summed E-state index contributed by atoms with van der Waals surface area (Å²) in [5.41, 5.74) is 0. The molecule has 62 valence electrons. The third-order valence-electron chi connectivity index (χ3n) is 1.33. The molecule has 0 spiro atoms. The summed E-state index contributed by atoms with van der Waals surface area (Å²) < 4.78 is 4.83. The SMILES string of the molecule is COCCC(O)c1nccs1. The van der Waals surface area contributed by atoms with Crippen molar-refractivity contribution in [1.29, 1.82) is 0 Å². The van der Waals surface area contributed by atoms with Gasteiger partial charge in [-0.25, -0.2) is 4.98 Å². The minimum absolute atomic E-state index is 0.463. The van der Waals surface area contributed by atoms with Crippen LogP contribution in [0.1, 0.15) is 17.5 Å². The highest BCUT2D eigenvalue weighted by Crippen LogP contribution is 2.17. The van der Waals surface area contributed by atoms with Gasteiger partial charge in [-0.2, -0.15) is 0 Å². The molecule has 1 rings (SSSR count). The van der Waals surface area contributed by atoms with Crippen LogP contribution in [0, 0.1) is 0 Å². The molecule has 0 saturated heterocycles. The number of rotatable bonds is 4. The van der Waals surface area contributed by atoms with E-state index in [1.807, 2.05) is 5.38 Å². The quantitative estimate of drug-likeness (QED) is 0.744. The number of aliphatic hydroxyl groups is 1. The molecule has 0 aromatic carbocycles. The minimum atomic E-state index is -0.463. The van der Waals surface area contributed by atoms with Crippen molar-refractivity contribution in [2.75, 3.05) is 13.7 Å². The van der Waals surface area contributed by atoms with Gasteiger partial charge >= 0.3 is 0 Å². The fourth-order valence-corrected chi connectivity index (χ4v) is 1.41. The lowest BCUT2D eigenvalue weighted by atomic mass is 10.3. The Morgan fingerprint density at radius 3 is 3.18 bits per heavy atom. The number of nitrogens with zero attached hydrogens (tertiary/aromatic N) is 1. The van der Waals surface area contributed by atoms with Crippen LogP contribution >= 0.6 is 11.3 Å². The second-order valence-corrected chi connectivity index (χ2v) is 3.09. The first kappa shape index (κ1) is 8.64. The summed E-state index contributed by atoms with van der Waals surface area (Å²) in [5.74, 6) is 0. The van der Waals surface area contributed by atoms with Crippen LogP contribution in [0.5, 0.6) is 0 Å². The zero-order chi connectivity index (χ0) is 8.10. The Balaban J connectivity index is 2.36. The molecule has 11 heavy (non-hydrogen) atoms. The zero-order valence-electron chi connectivity index (χ0n) is 6.36. The number of aliphatic hydroxyl groups excluding tert-OH is 1. The van der Waals surface area contributed by atoms with Gasteiger partial charge in [-0.05, 0) is 0 Å². The largest absolute Gasteiger partial charge is 0.386 e. The first-order chi connectivity index (χ1) is 5.34. The van der Waals surface area contributed by atoms with E-state index in [4.69, 9.17) is 4.74 Å². The molecule has 0 aliphatic heterocycles. The molecule has 0 saturated carbocycles. The molecule has 1 aromatic heterocycles. The van der Waals surface area contributed by atoms with E-state index in [0.717, 1.165) is 5.01 Å². The number of ether oxygens (including phenoxy) is 1. The molecule has 0 aliphatic rings. The second-order valence-electron chi connectivity index (χ2n) is 2.17. The van der Waals surface area contributed by atoms with Gasteiger partial charge in [0.15, 0.2) is 0 Å². The molecule has 3 nitrogen and oxygen atoms in total. The Morgan fingerprint density at radius 2 is 2.64 bits per heavy atom. The van der Waals surface area contributed by atoms with Gasteiger partial charge in [0, 0.05) is 31.7 Å². The summed E-state index contributed by atoms with van der Waals surface area (Å²) in [4.78, 5) is 3.98. The van der Waals surface area contributed by atoms with Gasteiger partial charge in [0.05, 0.1) is 0 Å². The molecule has 0 fully saturated rings. The monoisotopic (exact) mass is 173 g/mol. The molecule has 1 heterocycles. The summed E-state index contributed by atoms with van der Waals surface area (Å²) >= 11 is 1.46. The van der Waals surface area contributed by atoms with Gasteiger partial charge in [0.25, 0.3) is 0 Å². The van der Waals surface area contributed by atoms with Gasteiger partial charge in [0.1, 0.15) is 11.1 Å². The topological polar surface area (TPSA) is 42.4 Å². The average Bonchev–Trinajstić information content (AvgIpc) is 2.52. The number of hydrogen-bond acceptors (Lipinski definition) is 4. The Labute approximate surface area is 69.7 Å². The molecule has 1 N–H and O–H groups in total. The molecule has 1 atom stereocenters. The van der Waals surface area contributed by atoms with Gasteiger partial charge in [0.2, 0.25) is 0 Å². The fourth-order valence-electron chi connectivity index (χ4n) is 0.752. The van der Waals surface area contributed by atoms with Crippen molar-refractivity contribution >= 4 is 11.3 Å². The van der Waals surface area contributed by atoms with E-state index in [9.17, 15) is 5.11 Å². The van der Waals surface area contributed by atoms with Crippen molar-refractivity contribution in [3.63, 3.8) is 0 Å². The second kappa shape index (κ2) is 4.43. The maximum Gasteiger partial charge on any atom is 0.121 e. The zero-order valence-corrected chi connectivity index (χ0v) is 7.17. The summed E-state index contributed by atoms with van der Waals surface area (Å²) in [6, 6.07) is 0. The predicted octanol–water partition coefficient (Wildman–Crippen LogP) is 1.21. The number of methoxy groups -OCH3 is 1. The van der Waals surface area contributed by atoms with Crippen LogP contribution in [0.2, 0.25) is 0 Å². The molecule has 0 bridgehead atoms. The van der Waals surface area contributed by atoms with Crippen molar-refractivity contribution < 1.29 is 9.84 Å². The summed E-state index contributed by atoms with van der Waals surface area (Å²) in [6.45, 7) is 0.570. The Bertz CT molecular complexity index is 188. The molecule has 0 aliphatic carbocycles. The van der Waals surface area contributed by atoms with Gasteiger partial charge in [-0.1, -0.05) is 0 Å². The van der Waals surface area contributed by atoms with Crippen LogP contribution in [0.15, 0.2) is 11.6 Å². The standard InChI is InChI=1S/C7H11NO2S/c1-10-4-2-6(9)7-8-3-5-11-7/h3,5-6,9H,2,4H2,1H3. The Hall–Kier alpha value is -0.450. The maximum atomic E-state index is 9.41. The highest BCUT2D eigenvalue weighted by atomic mass is 32.1. The average molecular weight is 173 g/mol. The smallest absolute Gasteiger partial charge is 0.121 e. The Kier molecular flexibility index (Phi) is 3.48. The van der Waals surface area contributed by atoms with Crippen molar-refractivity contribution in [3.05, 3.63) is 16.6 Å². The van der Waals surface area contributed by atoms with Crippen molar-refractivity contribution in [2.45, 2.75) is 12.5 Å². The molecule has 4 heteroatoms. The lowest BCUT2D eigenvalue weighted by Crippen LogP contribution is -2.00. The van der Waals surface area contributed by atoms with E-state index in [2.05, 4.69) is 4.98 Å². The van der Waals surface area contributed by atoms with Crippen LogP contribution < -0.4 is 0 Å². The number of thiazole rings is 1. The van der Waals surface area contributed by atoms with Crippen LogP contribution in [0.25, 0.3) is 0 Å². The summed E-state index contributed by atoms with van der Waals surface area (Å²) in [6.07, 6.45) is 1.84. The minimum Gasteiger partial charge on any atom is -0.386 e. The fraction of sp³-hybridized carbons (Fsp3) is 0.571. The molecular formula is C7H11NO2S. The first-order valence-electron chi connectivity index (χ1n) is 3.41. The molecule has 0 amide bonds. The summed E-state index contributed by atoms with van der Waals surface area (Å²) in [5, 5.41) is 12.0. The highest BCUT2D eigenvalue weighted by Gasteiger charge is 2.08. The van der Waals surface area contributed by atoms with E-state index < -0.39 is 6.10 Å². The van der Waals surface area contributed by atoms with Crippen molar-refractivity contribution in [2.24, 2.45) is 0 Å². The van der Waals surface area contributed by atoms with Crippen molar-refractivity contribution in [1.82, 2.24) is 4.98 Å². The van der Waals surface area contributed by atoms with Gasteiger partial charge in [-0.15, -0.1) is 11.3 Å². The van der Waals surface area contributed by atoms with E-state index >= 15 is 0 Å². The molecule has 0 radical (unpaired) electrons. The third kappa shape index (κ3) is 2.57. The lowest BCUT2D eigenvalue weighted by molar-refractivity contribution is 0.110. The van der Waals surface area contributed by atoms with E-state index in [1.54, 1.807) is 13.3 Å². The number of hydrogen-bond donors (Lipinski definition) is 1. The van der Waals surface area contributed by atoms with Crippen LogP contribution in [0.3, 0.4) is 0 Å². The normalized spacial score (nSPS) is 13.3. The van der Waals surface area contributed by atoms with E-state index in [-0.39, 0.29) is 0 Å². The van der Waals surface area contributed by atoms with E-state index in [0.29, 0.717) is 13.0 Å².